The Bertz CT molecular complexity index is 1040. The van der Waals surface area contributed by atoms with Crippen LogP contribution in [-0.2, 0) is 4.79 Å². The quantitative estimate of drug-likeness (QED) is 0.691. The van der Waals surface area contributed by atoms with E-state index in [1.807, 2.05) is 0 Å². The summed E-state index contributed by atoms with van der Waals surface area (Å²) in [5.74, 6) is -2.76. The van der Waals surface area contributed by atoms with Crippen molar-refractivity contribution in [2.75, 3.05) is 0 Å². The zero-order chi connectivity index (χ0) is 15.4. The van der Waals surface area contributed by atoms with Crippen molar-refractivity contribution in [1.82, 2.24) is 0 Å². The van der Waals surface area contributed by atoms with Crippen molar-refractivity contribution in [3.8, 4) is 11.1 Å². The maximum absolute atomic E-state index is 14.4. The van der Waals surface area contributed by atoms with Crippen LogP contribution in [0.3, 0.4) is 0 Å². The molecule has 0 saturated carbocycles. The van der Waals surface area contributed by atoms with Gasteiger partial charge < -0.3 is 5.11 Å². The third kappa shape index (κ3) is 1.52. The maximum Gasteiger partial charge on any atom is 0.341 e. The minimum Gasteiger partial charge on any atom is -0.477 e. The van der Waals surface area contributed by atoms with Gasteiger partial charge in [0.15, 0.2) is 0 Å². The van der Waals surface area contributed by atoms with E-state index >= 15 is 0 Å². The molecule has 2 aliphatic rings. The van der Waals surface area contributed by atoms with Crippen LogP contribution in [0.2, 0.25) is 0 Å². The van der Waals surface area contributed by atoms with Gasteiger partial charge in [0.2, 0.25) is 5.78 Å². The normalized spacial score (nSPS) is 14.2. The smallest absolute Gasteiger partial charge is 0.341 e. The Morgan fingerprint density at radius 3 is 2.68 bits per heavy atom. The highest BCUT2D eigenvalue weighted by atomic mass is 19.1. The number of hydrogen-bond acceptors (Lipinski definition) is 4. The van der Waals surface area contributed by atoms with Crippen LogP contribution in [0, 0.1) is 5.82 Å². The number of para-hydroxylation sites is 1. The second-order valence-corrected chi connectivity index (χ2v) is 4.91. The Balaban J connectivity index is 2.12. The second-order valence-electron chi connectivity index (χ2n) is 4.91. The number of carboxylic acids is 1. The van der Waals surface area contributed by atoms with Gasteiger partial charge in [0, 0.05) is 17.3 Å². The average Bonchev–Trinajstić information content (AvgIpc) is 2.88. The number of fused-ring (bicyclic) bond motifs is 5. The number of carbonyl (C=O) groups excluding carboxylic acids is 1. The van der Waals surface area contributed by atoms with Crippen LogP contribution in [0.4, 0.5) is 10.1 Å². The van der Waals surface area contributed by atoms with Gasteiger partial charge in [-0.3, -0.25) is 9.79 Å². The monoisotopic (exact) mass is 294 g/mol. The van der Waals surface area contributed by atoms with Gasteiger partial charge >= 0.3 is 5.97 Å². The first-order valence-corrected chi connectivity index (χ1v) is 6.44. The van der Waals surface area contributed by atoms with Crippen LogP contribution in [-0.4, -0.2) is 16.9 Å². The number of benzene rings is 2. The minimum atomic E-state index is -1.39. The van der Waals surface area contributed by atoms with E-state index in [0.717, 1.165) is 12.3 Å². The molecule has 0 atom stereocenters. The van der Waals surface area contributed by atoms with E-state index in [9.17, 15) is 14.0 Å². The van der Waals surface area contributed by atoms with Crippen LogP contribution < -0.4 is 10.7 Å². The number of halogens is 1. The van der Waals surface area contributed by atoms with Gasteiger partial charge in [0.1, 0.15) is 22.1 Å². The number of carbonyl (C=O) groups is 2. The summed E-state index contributed by atoms with van der Waals surface area (Å²) >= 11 is 0. The first-order chi connectivity index (χ1) is 10.6. The highest BCUT2D eigenvalue weighted by molar-refractivity contribution is 6.24. The molecular weight excluding hydrogens is 287 g/mol. The molecule has 2 heterocycles. The molecule has 1 N–H and O–H groups in total. The highest BCUT2D eigenvalue weighted by Crippen LogP contribution is 2.33. The van der Waals surface area contributed by atoms with Crippen molar-refractivity contribution in [1.29, 1.82) is 0 Å². The fourth-order valence-corrected chi connectivity index (χ4v) is 2.68. The number of ketones is 1. The van der Waals surface area contributed by atoms with Crippen LogP contribution in [0.15, 0.2) is 52.1 Å². The molecular formula is C16H7FN2O3. The molecule has 0 aliphatic carbocycles. The molecule has 2 aromatic rings. The molecule has 0 unspecified atom stereocenters. The summed E-state index contributed by atoms with van der Waals surface area (Å²) in [6.45, 7) is 0. The molecule has 0 amide bonds. The van der Waals surface area contributed by atoms with Crippen LogP contribution in [0.25, 0.3) is 11.1 Å². The van der Waals surface area contributed by atoms with Gasteiger partial charge in [-0.25, -0.2) is 14.2 Å². The fourth-order valence-electron chi connectivity index (χ4n) is 2.68. The van der Waals surface area contributed by atoms with Gasteiger partial charge in [0.05, 0.1) is 11.3 Å². The lowest BCUT2D eigenvalue weighted by Crippen LogP contribution is -2.36. The molecule has 5 nitrogen and oxygen atoms in total. The first kappa shape index (κ1) is 12.6. The molecule has 0 fully saturated rings. The Morgan fingerprint density at radius 2 is 1.91 bits per heavy atom. The molecule has 2 aromatic carbocycles. The first-order valence-electron chi connectivity index (χ1n) is 6.44. The lowest BCUT2D eigenvalue weighted by atomic mass is 9.97. The predicted molar refractivity (Wildman–Crippen MR) is 73.9 cm³/mol. The second kappa shape index (κ2) is 4.17. The molecule has 4 rings (SSSR count). The largest absolute Gasteiger partial charge is 0.477 e. The number of nitrogens with zero attached hydrogens (tertiary/aromatic N) is 2. The van der Waals surface area contributed by atoms with Gasteiger partial charge in [-0.2, -0.15) is 0 Å². The molecule has 0 aromatic heterocycles. The molecule has 0 saturated heterocycles. The molecule has 6 heteroatoms. The topological polar surface area (TPSA) is 79.1 Å². The maximum atomic E-state index is 14.4. The van der Waals surface area contributed by atoms with E-state index in [4.69, 9.17) is 5.11 Å². The summed E-state index contributed by atoms with van der Waals surface area (Å²) in [6.07, 6.45) is 0.990. The van der Waals surface area contributed by atoms with Crippen molar-refractivity contribution in [3.63, 3.8) is 0 Å². The van der Waals surface area contributed by atoms with Crippen molar-refractivity contribution in [2.45, 2.75) is 0 Å². The van der Waals surface area contributed by atoms with E-state index in [1.54, 1.807) is 24.3 Å². The summed E-state index contributed by atoms with van der Waals surface area (Å²) < 4.78 is 14.4. The molecule has 22 heavy (non-hydrogen) atoms. The van der Waals surface area contributed by atoms with Gasteiger partial charge in [-0.05, 0) is 12.1 Å². The van der Waals surface area contributed by atoms with Crippen molar-refractivity contribution in [2.24, 2.45) is 9.98 Å². The van der Waals surface area contributed by atoms with Gasteiger partial charge in [-0.1, -0.05) is 18.2 Å². The minimum absolute atomic E-state index is 0.0762. The number of hydrogen-bond donors (Lipinski definition) is 1. The van der Waals surface area contributed by atoms with Gasteiger partial charge in [0.25, 0.3) is 0 Å². The standard InChI is InChI=1S/C16H7FN2O3/c17-10-5-8-13(18-6-9(15(8)20)16(21)22)14-12(10)7-3-1-2-4-11(7)19-14/h1-6H,(H,21,22). The lowest BCUT2D eigenvalue weighted by molar-refractivity contribution is -0.132. The summed E-state index contributed by atoms with van der Waals surface area (Å²) in [6, 6.07) is 8.07. The van der Waals surface area contributed by atoms with Crippen LogP contribution in [0.1, 0.15) is 10.4 Å². The molecule has 2 aliphatic heterocycles. The summed E-state index contributed by atoms with van der Waals surface area (Å²) in [5.41, 5.74) is 0.960. The summed E-state index contributed by atoms with van der Waals surface area (Å²) in [4.78, 5) is 31.5. The van der Waals surface area contributed by atoms with Crippen molar-refractivity contribution in [3.05, 3.63) is 64.2 Å². The molecule has 106 valence electrons. The number of Topliss-reactive ketones (excluding diaryl/α,β-unsaturated/α-hetero) is 1. The number of aliphatic carboxylic acids is 1. The van der Waals surface area contributed by atoms with Gasteiger partial charge in [-0.15, -0.1) is 0 Å². The van der Waals surface area contributed by atoms with E-state index in [1.165, 1.54) is 0 Å². The third-order valence-corrected chi connectivity index (χ3v) is 3.67. The van der Waals surface area contributed by atoms with Crippen LogP contribution >= 0.6 is 0 Å². The van der Waals surface area contributed by atoms with Crippen molar-refractivity contribution < 1.29 is 19.1 Å². The van der Waals surface area contributed by atoms with E-state index in [0.29, 0.717) is 11.3 Å². The Labute approximate surface area is 122 Å². The zero-order valence-electron chi connectivity index (χ0n) is 11.0. The lowest BCUT2D eigenvalue weighted by Gasteiger charge is -2.08. The van der Waals surface area contributed by atoms with E-state index in [2.05, 4.69) is 9.98 Å². The van der Waals surface area contributed by atoms with E-state index in [-0.39, 0.29) is 21.8 Å². The molecule has 0 spiro atoms. The van der Waals surface area contributed by atoms with Crippen LogP contribution in [0.5, 0.6) is 0 Å². The Hall–Kier alpha value is -3.15. The van der Waals surface area contributed by atoms with Crippen molar-refractivity contribution >= 4 is 17.4 Å². The Morgan fingerprint density at radius 1 is 1.14 bits per heavy atom. The predicted octanol–water partition coefficient (Wildman–Crippen LogP) is 1.54. The summed E-state index contributed by atoms with van der Waals surface area (Å²) in [5, 5.41) is 9.45. The number of rotatable bonds is 1. The summed E-state index contributed by atoms with van der Waals surface area (Å²) in [7, 11) is 0. The third-order valence-electron chi connectivity index (χ3n) is 3.67. The molecule has 0 bridgehead atoms. The zero-order valence-corrected chi connectivity index (χ0v) is 11.0. The highest BCUT2D eigenvalue weighted by Gasteiger charge is 2.28. The Kier molecular flexibility index (Phi) is 2.39. The average molecular weight is 294 g/mol. The number of carboxylic acid groups (broad SMARTS) is 1. The molecule has 0 radical (unpaired) electrons. The SMILES string of the molecule is O=C(O)C1=CN=c2c(cc(F)c3c2=Nc2ccccc2-3)C1=O. The van der Waals surface area contributed by atoms with E-state index < -0.39 is 23.1 Å². The fraction of sp³-hybridized carbons (Fsp3) is 0.